The molecule has 2 heterocycles. The molecule has 12 rings (SSSR count). The van der Waals surface area contributed by atoms with E-state index in [1.807, 2.05) is 0 Å². The van der Waals surface area contributed by atoms with Crippen molar-refractivity contribution in [2.24, 2.45) is 0 Å². The standard InChI is InChI=1S/C54H34N2/c1-2-13-35(14-3-1)37-16-12-17-41(31-37)55-49-23-10-8-20-44(49)47-32-38(27-29-51(47)55)39-28-30-52-48(33-39)45-21-9-11-24-50(45)56(52)53-34-40-26-25-36-15-4-5-18-42(36)54(40)46-22-7-6-19-43(46)53/h1-34H. The summed E-state index contributed by atoms with van der Waals surface area (Å²) < 4.78 is 4.89. The highest BCUT2D eigenvalue weighted by atomic mass is 15.0. The van der Waals surface area contributed by atoms with Crippen LogP contribution in [0, 0.1) is 0 Å². The van der Waals surface area contributed by atoms with Crippen molar-refractivity contribution in [2.75, 3.05) is 0 Å². The molecule has 0 aliphatic rings. The van der Waals surface area contributed by atoms with E-state index in [0.717, 1.165) is 5.69 Å². The van der Waals surface area contributed by atoms with Gasteiger partial charge < -0.3 is 9.13 Å². The Morgan fingerprint density at radius 3 is 1.50 bits per heavy atom. The van der Waals surface area contributed by atoms with Crippen molar-refractivity contribution in [1.82, 2.24) is 9.13 Å². The molecule has 0 saturated heterocycles. The van der Waals surface area contributed by atoms with Crippen molar-refractivity contribution in [3.8, 4) is 33.6 Å². The summed E-state index contributed by atoms with van der Waals surface area (Å²) in [6, 6.07) is 75.8. The summed E-state index contributed by atoms with van der Waals surface area (Å²) >= 11 is 0. The van der Waals surface area contributed by atoms with E-state index in [9.17, 15) is 0 Å². The minimum Gasteiger partial charge on any atom is -0.309 e. The molecule has 0 bridgehead atoms. The predicted octanol–water partition coefficient (Wildman–Crippen LogP) is 14.7. The fourth-order valence-corrected chi connectivity index (χ4v) is 9.34. The van der Waals surface area contributed by atoms with Crippen LogP contribution in [0.4, 0.5) is 0 Å². The van der Waals surface area contributed by atoms with Crippen LogP contribution in [-0.4, -0.2) is 9.13 Å². The molecule has 10 aromatic carbocycles. The topological polar surface area (TPSA) is 9.86 Å². The van der Waals surface area contributed by atoms with Crippen LogP contribution >= 0.6 is 0 Å². The number of nitrogens with zero attached hydrogens (tertiary/aromatic N) is 2. The molecule has 0 spiro atoms. The Balaban J connectivity index is 1.05. The highest BCUT2D eigenvalue weighted by Crippen LogP contribution is 2.42. The largest absolute Gasteiger partial charge is 0.309 e. The molecule has 260 valence electrons. The second-order valence-corrected chi connectivity index (χ2v) is 14.9. The van der Waals surface area contributed by atoms with Gasteiger partial charge in [0.1, 0.15) is 0 Å². The molecule has 2 heteroatoms. The van der Waals surface area contributed by atoms with Gasteiger partial charge in [0.15, 0.2) is 0 Å². The maximum atomic E-state index is 2.48. The third kappa shape index (κ3) is 4.57. The van der Waals surface area contributed by atoms with E-state index in [1.165, 1.54) is 104 Å². The lowest BCUT2D eigenvalue weighted by atomic mass is 9.95. The average Bonchev–Trinajstić information content (AvgIpc) is 3.78. The Hall–Kier alpha value is -7.42. The molecule has 0 saturated carbocycles. The van der Waals surface area contributed by atoms with Gasteiger partial charge in [-0.1, -0.05) is 152 Å². The summed E-state index contributed by atoms with van der Waals surface area (Å²) in [5.74, 6) is 0. The highest BCUT2D eigenvalue weighted by Gasteiger charge is 2.19. The molecule has 0 aliphatic carbocycles. The van der Waals surface area contributed by atoms with Gasteiger partial charge >= 0.3 is 0 Å². The predicted molar refractivity (Wildman–Crippen MR) is 239 cm³/mol. The van der Waals surface area contributed by atoms with Crippen molar-refractivity contribution in [1.29, 1.82) is 0 Å². The van der Waals surface area contributed by atoms with Gasteiger partial charge in [-0.25, -0.2) is 0 Å². The zero-order chi connectivity index (χ0) is 36.7. The zero-order valence-corrected chi connectivity index (χ0v) is 30.5. The van der Waals surface area contributed by atoms with Gasteiger partial charge in [-0.15, -0.1) is 0 Å². The fraction of sp³-hybridized carbons (Fsp3) is 0. The molecule has 0 amide bonds. The number of benzene rings is 10. The molecule has 2 aromatic heterocycles. The van der Waals surface area contributed by atoms with Crippen LogP contribution in [0.5, 0.6) is 0 Å². The van der Waals surface area contributed by atoms with Crippen molar-refractivity contribution in [3.05, 3.63) is 206 Å². The lowest BCUT2D eigenvalue weighted by Gasteiger charge is -2.16. The number of fused-ring (bicyclic) bond motifs is 11. The monoisotopic (exact) mass is 710 g/mol. The van der Waals surface area contributed by atoms with Gasteiger partial charge in [-0.05, 0) is 104 Å². The Morgan fingerprint density at radius 1 is 0.250 bits per heavy atom. The number of rotatable bonds is 4. The van der Waals surface area contributed by atoms with Crippen LogP contribution in [0.15, 0.2) is 206 Å². The van der Waals surface area contributed by atoms with E-state index in [0.29, 0.717) is 0 Å². The SMILES string of the molecule is c1ccc(-c2cccc(-n3c4ccccc4c4cc(-c5ccc6c(c5)c5ccccc5n6-c5cc6ccc7ccccc7c6c6ccccc56)ccc43)c2)cc1. The van der Waals surface area contributed by atoms with E-state index in [1.54, 1.807) is 0 Å². The van der Waals surface area contributed by atoms with Crippen LogP contribution in [0.25, 0.3) is 110 Å². The smallest absolute Gasteiger partial charge is 0.0546 e. The molecule has 12 aromatic rings. The quantitative estimate of drug-likeness (QED) is 0.161. The molecular weight excluding hydrogens is 677 g/mol. The Kier molecular flexibility index (Phi) is 6.66. The van der Waals surface area contributed by atoms with Gasteiger partial charge in [0, 0.05) is 32.6 Å². The second-order valence-electron chi connectivity index (χ2n) is 14.9. The summed E-state index contributed by atoms with van der Waals surface area (Å²) in [7, 11) is 0. The minimum absolute atomic E-state index is 1.16. The number of hydrogen-bond donors (Lipinski definition) is 0. The lowest BCUT2D eigenvalue weighted by molar-refractivity contribution is 1.18. The van der Waals surface area contributed by atoms with E-state index >= 15 is 0 Å². The maximum absolute atomic E-state index is 2.48. The third-order valence-corrected chi connectivity index (χ3v) is 11.9. The Labute approximate surface area is 323 Å². The molecule has 0 N–H and O–H groups in total. The van der Waals surface area contributed by atoms with E-state index in [4.69, 9.17) is 0 Å². The molecule has 56 heavy (non-hydrogen) atoms. The van der Waals surface area contributed by atoms with Gasteiger partial charge in [0.25, 0.3) is 0 Å². The van der Waals surface area contributed by atoms with Crippen LogP contribution in [0.3, 0.4) is 0 Å². The highest BCUT2D eigenvalue weighted by molar-refractivity contribution is 6.23. The number of hydrogen-bond acceptors (Lipinski definition) is 0. The van der Waals surface area contributed by atoms with Crippen LogP contribution in [-0.2, 0) is 0 Å². The maximum Gasteiger partial charge on any atom is 0.0546 e. The molecule has 0 fully saturated rings. The van der Waals surface area contributed by atoms with Crippen molar-refractivity contribution in [2.45, 2.75) is 0 Å². The summed E-state index contributed by atoms with van der Waals surface area (Å²) in [5.41, 5.74) is 12.0. The number of aromatic nitrogens is 2. The first-order chi connectivity index (χ1) is 27.8. The molecule has 0 radical (unpaired) electrons. The van der Waals surface area contributed by atoms with Crippen molar-refractivity contribution >= 4 is 75.9 Å². The lowest BCUT2D eigenvalue weighted by Crippen LogP contribution is -1.96. The van der Waals surface area contributed by atoms with Crippen molar-refractivity contribution in [3.63, 3.8) is 0 Å². The first-order valence-corrected chi connectivity index (χ1v) is 19.3. The van der Waals surface area contributed by atoms with Crippen LogP contribution in [0.2, 0.25) is 0 Å². The van der Waals surface area contributed by atoms with Gasteiger partial charge in [-0.3, -0.25) is 0 Å². The number of para-hydroxylation sites is 2. The van der Waals surface area contributed by atoms with E-state index in [2.05, 4.69) is 215 Å². The zero-order valence-electron chi connectivity index (χ0n) is 30.5. The van der Waals surface area contributed by atoms with Gasteiger partial charge in [0.2, 0.25) is 0 Å². The summed E-state index contributed by atoms with van der Waals surface area (Å²) in [6.07, 6.45) is 0. The molecular formula is C54H34N2. The Morgan fingerprint density at radius 2 is 0.768 bits per heavy atom. The summed E-state index contributed by atoms with van der Waals surface area (Å²) in [5, 5.41) is 12.7. The fourth-order valence-electron chi connectivity index (χ4n) is 9.34. The minimum atomic E-state index is 1.16. The van der Waals surface area contributed by atoms with E-state index in [-0.39, 0.29) is 0 Å². The van der Waals surface area contributed by atoms with Gasteiger partial charge in [-0.2, -0.15) is 0 Å². The van der Waals surface area contributed by atoms with E-state index < -0.39 is 0 Å². The molecule has 0 unspecified atom stereocenters. The molecule has 0 aliphatic heterocycles. The third-order valence-electron chi connectivity index (χ3n) is 11.9. The van der Waals surface area contributed by atoms with Crippen LogP contribution in [0.1, 0.15) is 0 Å². The van der Waals surface area contributed by atoms with Gasteiger partial charge in [0.05, 0.1) is 27.8 Å². The van der Waals surface area contributed by atoms with Crippen molar-refractivity contribution < 1.29 is 0 Å². The first-order valence-electron chi connectivity index (χ1n) is 19.3. The summed E-state index contributed by atoms with van der Waals surface area (Å²) in [6.45, 7) is 0. The average molecular weight is 711 g/mol. The molecule has 2 nitrogen and oxygen atoms in total. The Bertz CT molecular complexity index is 3530. The second kappa shape index (κ2) is 12.0. The first kappa shape index (κ1) is 31.0. The van der Waals surface area contributed by atoms with Crippen LogP contribution < -0.4 is 0 Å². The normalized spacial score (nSPS) is 11.9. The summed E-state index contributed by atoms with van der Waals surface area (Å²) in [4.78, 5) is 0. The molecule has 0 atom stereocenters.